The Labute approximate surface area is 131 Å². The largest absolute Gasteiger partial charge is 0.352 e. The molecule has 3 rings (SSSR count). The molecule has 1 aromatic heterocycles. The SMILES string of the molecule is CC1(CCNC(=O)c2cc3ccc(F)cc3[nH]c2=O)OCCO1. The van der Waals surface area contributed by atoms with E-state index in [9.17, 15) is 14.0 Å². The van der Waals surface area contributed by atoms with Gasteiger partial charge in [0, 0.05) is 13.0 Å². The van der Waals surface area contributed by atoms with Crippen molar-refractivity contribution in [1.29, 1.82) is 0 Å². The minimum absolute atomic E-state index is 0.0116. The lowest BCUT2D eigenvalue weighted by molar-refractivity contribution is -0.145. The van der Waals surface area contributed by atoms with Crippen molar-refractivity contribution in [3.05, 3.63) is 46.0 Å². The Bertz CT molecular complexity index is 796. The van der Waals surface area contributed by atoms with Gasteiger partial charge in [0.05, 0.1) is 18.7 Å². The summed E-state index contributed by atoms with van der Waals surface area (Å²) in [7, 11) is 0. The van der Waals surface area contributed by atoms with Crippen LogP contribution in [0, 0.1) is 5.82 Å². The van der Waals surface area contributed by atoms with Crippen molar-refractivity contribution in [2.45, 2.75) is 19.1 Å². The number of aromatic amines is 1. The maximum atomic E-state index is 13.2. The Hall–Kier alpha value is -2.25. The highest BCUT2D eigenvalue weighted by Gasteiger charge is 2.30. The Kier molecular flexibility index (Phi) is 4.14. The first-order valence-electron chi connectivity index (χ1n) is 7.36. The van der Waals surface area contributed by atoms with Gasteiger partial charge in [-0.25, -0.2) is 4.39 Å². The third kappa shape index (κ3) is 3.40. The molecule has 1 amide bonds. The number of hydrogen-bond acceptors (Lipinski definition) is 4. The number of carbonyl (C=O) groups excluding carboxylic acids is 1. The van der Waals surface area contributed by atoms with Gasteiger partial charge in [-0.2, -0.15) is 0 Å². The van der Waals surface area contributed by atoms with Crippen LogP contribution in [0.1, 0.15) is 23.7 Å². The second-order valence-electron chi connectivity index (χ2n) is 5.58. The van der Waals surface area contributed by atoms with Crippen LogP contribution in [-0.2, 0) is 9.47 Å². The zero-order chi connectivity index (χ0) is 16.4. The lowest BCUT2D eigenvalue weighted by atomic mass is 10.1. The number of halogens is 1. The van der Waals surface area contributed by atoms with Crippen LogP contribution in [0.2, 0.25) is 0 Å². The first-order chi connectivity index (χ1) is 11.0. The molecule has 6 nitrogen and oxygen atoms in total. The summed E-state index contributed by atoms with van der Waals surface area (Å²) < 4.78 is 24.0. The Balaban J connectivity index is 1.71. The normalized spacial score (nSPS) is 16.6. The molecule has 2 N–H and O–H groups in total. The minimum atomic E-state index is -0.694. The fourth-order valence-electron chi connectivity index (χ4n) is 2.54. The molecule has 2 heterocycles. The number of fused-ring (bicyclic) bond motifs is 1. The molecule has 0 unspecified atom stereocenters. The van der Waals surface area contributed by atoms with Crippen molar-refractivity contribution < 1.29 is 18.7 Å². The predicted molar refractivity (Wildman–Crippen MR) is 81.8 cm³/mol. The van der Waals surface area contributed by atoms with Gasteiger partial charge in [0.15, 0.2) is 5.79 Å². The van der Waals surface area contributed by atoms with Crippen LogP contribution >= 0.6 is 0 Å². The zero-order valence-corrected chi connectivity index (χ0v) is 12.6. The fraction of sp³-hybridized carbons (Fsp3) is 0.375. The second kappa shape index (κ2) is 6.10. The molecular weight excluding hydrogens is 303 g/mol. The van der Waals surface area contributed by atoms with Crippen LogP contribution in [0.4, 0.5) is 4.39 Å². The van der Waals surface area contributed by atoms with Gasteiger partial charge >= 0.3 is 0 Å². The summed E-state index contributed by atoms with van der Waals surface area (Å²) >= 11 is 0. The number of benzene rings is 1. The van der Waals surface area contributed by atoms with Gasteiger partial charge in [-0.1, -0.05) is 0 Å². The Morgan fingerprint density at radius 2 is 2.09 bits per heavy atom. The third-order valence-electron chi connectivity index (χ3n) is 3.82. The maximum Gasteiger partial charge on any atom is 0.261 e. The van der Waals surface area contributed by atoms with Crippen LogP contribution in [0.3, 0.4) is 0 Å². The zero-order valence-electron chi connectivity index (χ0n) is 12.6. The van der Waals surface area contributed by atoms with E-state index in [0.29, 0.717) is 37.1 Å². The smallest absolute Gasteiger partial charge is 0.261 e. The fourth-order valence-corrected chi connectivity index (χ4v) is 2.54. The first kappa shape index (κ1) is 15.6. The average molecular weight is 320 g/mol. The van der Waals surface area contributed by atoms with Gasteiger partial charge in [-0.3, -0.25) is 9.59 Å². The highest BCUT2D eigenvalue weighted by Crippen LogP contribution is 2.21. The Morgan fingerprint density at radius 1 is 1.35 bits per heavy atom. The molecule has 1 saturated heterocycles. The third-order valence-corrected chi connectivity index (χ3v) is 3.82. The average Bonchev–Trinajstić information content (AvgIpc) is 2.93. The van der Waals surface area contributed by atoms with Crippen LogP contribution in [-0.4, -0.2) is 36.4 Å². The molecule has 1 aromatic carbocycles. The van der Waals surface area contributed by atoms with Gasteiger partial charge in [-0.05, 0) is 36.6 Å². The number of aromatic nitrogens is 1. The van der Waals surface area contributed by atoms with Crippen molar-refractivity contribution in [3.8, 4) is 0 Å². The Morgan fingerprint density at radius 3 is 2.83 bits per heavy atom. The van der Waals surface area contributed by atoms with E-state index in [-0.39, 0.29) is 5.56 Å². The van der Waals surface area contributed by atoms with Crippen LogP contribution < -0.4 is 10.9 Å². The van der Waals surface area contributed by atoms with E-state index in [1.807, 2.05) is 6.92 Å². The van der Waals surface area contributed by atoms with Crippen LogP contribution in [0.15, 0.2) is 29.1 Å². The van der Waals surface area contributed by atoms with Gasteiger partial charge in [0.2, 0.25) is 0 Å². The molecule has 0 saturated carbocycles. The molecule has 0 bridgehead atoms. The van der Waals surface area contributed by atoms with E-state index in [1.165, 1.54) is 24.3 Å². The molecule has 1 fully saturated rings. The minimum Gasteiger partial charge on any atom is -0.352 e. The van der Waals surface area contributed by atoms with E-state index in [0.717, 1.165) is 0 Å². The number of ether oxygens (including phenoxy) is 2. The summed E-state index contributed by atoms with van der Waals surface area (Å²) in [5, 5.41) is 3.26. The van der Waals surface area contributed by atoms with Crippen molar-refractivity contribution in [3.63, 3.8) is 0 Å². The highest BCUT2D eigenvalue weighted by atomic mass is 19.1. The van der Waals surface area contributed by atoms with E-state index < -0.39 is 23.1 Å². The summed E-state index contributed by atoms with van der Waals surface area (Å²) in [5.41, 5.74) is -0.213. The summed E-state index contributed by atoms with van der Waals surface area (Å²) in [5.74, 6) is -1.63. The van der Waals surface area contributed by atoms with E-state index >= 15 is 0 Å². The monoisotopic (exact) mass is 320 g/mol. The number of rotatable bonds is 4. The molecule has 0 radical (unpaired) electrons. The first-order valence-corrected chi connectivity index (χ1v) is 7.36. The van der Waals surface area contributed by atoms with E-state index in [2.05, 4.69) is 10.3 Å². The van der Waals surface area contributed by atoms with E-state index in [4.69, 9.17) is 9.47 Å². The second-order valence-corrected chi connectivity index (χ2v) is 5.58. The molecule has 23 heavy (non-hydrogen) atoms. The van der Waals surface area contributed by atoms with Crippen molar-refractivity contribution in [2.75, 3.05) is 19.8 Å². The lowest BCUT2D eigenvalue weighted by Gasteiger charge is -2.22. The number of pyridine rings is 1. The molecule has 1 aliphatic heterocycles. The predicted octanol–water partition coefficient (Wildman–Crippen LogP) is 1.55. The summed E-state index contributed by atoms with van der Waals surface area (Å²) in [6.07, 6.45) is 0.482. The van der Waals surface area contributed by atoms with Gasteiger partial charge in [0.25, 0.3) is 11.5 Å². The molecule has 0 aliphatic carbocycles. The summed E-state index contributed by atoms with van der Waals surface area (Å²) in [6.45, 7) is 3.19. The van der Waals surface area contributed by atoms with E-state index in [1.54, 1.807) is 0 Å². The molecule has 1 aliphatic rings. The quantitative estimate of drug-likeness (QED) is 0.896. The number of nitrogens with one attached hydrogen (secondary N) is 2. The lowest BCUT2D eigenvalue weighted by Crippen LogP contribution is -2.35. The molecule has 7 heteroatoms. The maximum absolute atomic E-state index is 13.2. The van der Waals surface area contributed by atoms with Crippen molar-refractivity contribution in [2.24, 2.45) is 0 Å². The summed E-state index contributed by atoms with van der Waals surface area (Å²) in [4.78, 5) is 26.7. The van der Waals surface area contributed by atoms with Crippen LogP contribution in [0.25, 0.3) is 10.9 Å². The van der Waals surface area contributed by atoms with Crippen molar-refractivity contribution in [1.82, 2.24) is 10.3 Å². The number of carbonyl (C=O) groups is 1. The number of hydrogen-bond donors (Lipinski definition) is 2. The molecular formula is C16H17FN2O4. The summed E-state index contributed by atoms with van der Waals surface area (Å²) in [6, 6.07) is 5.46. The number of H-pyrrole nitrogens is 1. The topological polar surface area (TPSA) is 80.4 Å². The van der Waals surface area contributed by atoms with Crippen LogP contribution in [0.5, 0.6) is 0 Å². The highest BCUT2D eigenvalue weighted by molar-refractivity contribution is 5.97. The van der Waals surface area contributed by atoms with Gasteiger partial charge < -0.3 is 19.8 Å². The molecule has 2 aromatic rings. The van der Waals surface area contributed by atoms with Gasteiger partial charge in [0.1, 0.15) is 11.4 Å². The van der Waals surface area contributed by atoms with Crippen molar-refractivity contribution >= 4 is 16.8 Å². The molecule has 0 atom stereocenters. The standard InChI is InChI=1S/C16H17FN2O4/c1-16(22-6-7-23-16)4-5-18-14(20)12-8-10-2-3-11(17)9-13(10)19-15(12)21/h2-3,8-9H,4-7H2,1H3,(H,18,20)(H,19,21). The number of amides is 1. The van der Waals surface area contributed by atoms with Gasteiger partial charge in [-0.15, -0.1) is 0 Å². The molecule has 0 spiro atoms. The molecule has 122 valence electrons.